The predicted octanol–water partition coefficient (Wildman–Crippen LogP) is 2.23. The number of nitrogens with zero attached hydrogens (tertiary/aromatic N) is 1. The van der Waals surface area contributed by atoms with Gasteiger partial charge in [-0.2, -0.15) is 13.5 Å². The summed E-state index contributed by atoms with van der Waals surface area (Å²) in [6, 6.07) is 4.92. The lowest BCUT2D eigenvalue weighted by Gasteiger charge is -2.21. The first-order valence-corrected chi connectivity index (χ1v) is 6.06. The lowest BCUT2D eigenvalue weighted by molar-refractivity contribution is 0.0501. The summed E-state index contributed by atoms with van der Waals surface area (Å²) in [4.78, 5) is 23.7. The lowest BCUT2D eigenvalue weighted by Crippen LogP contribution is -2.36. The van der Waals surface area contributed by atoms with Crippen molar-refractivity contribution in [2.24, 2.45) is 0 Å². The first-order valence-electron chi connectivity index (χ1n) is 5.68. The van der Waals surface area contributed by atoms with Crippen LogP contribution in [-0.2, 0) is 6.42 Å². The van der Waals surface area contributed by atoms with Gasteiger partial charge in [-0.1, -0.05) is 17.7 Å². The standard InChI is InChI=1S/C12H8ClF2N3O2/c13-6-2-1-5-3-7-9(16-8(5)4-6)10(19)17-18(11(7)20)12(14)15/h1-2,4,12,16H,3H2,(H,17,19). The van der Waals surface area contributed by atoms with Crippen LogP contribution in [0.2, 0.25) is 5.02 Å². The van der Waals surface area contributed by atoms with Crippen molar-refractivity contribution in [3.8, 4) is 0 Å². The Labute approximate surface area is 115 Å². The molecule has 1 aromatic carbocycles. The Kier molecular flexibility index (Phi) is 2.86. The molecule has 1 aliphatic rings. The van der Waals surface area contributed by atoms with Crippen LogP contribution in [-0.4, -0.2) is 9.78 Å². The maximum absolute atomic E-state index is 12.7. The van der Waals surface area contributed by atoms with E-state index in [-0.39, 0.29) is 22.4 Å². The summed E-state index contributed by atoms with van der Waals surface area (Å²) in [5, 5.41) is 5.09. The van der Waals surface area contributed by atoms with Crippen molar-refractivity contribution in [1.29, 1.82) is 0 Å². The van der Waals surface area contributed by atoms with Gasteiger partial charge in [0.2, 0.25) is 0 Å². The van der Waals surface area contributed by atoms with Crippen LogP contribution in [0.4, 0.5) is 20.2 Å². The Morgan fingerprint density at radius 1 is 1.30 bits per heavy atom. The van der Waals surface area contributed by atoms with E-state index in [2.05, 4.69) is 5.32 Å². The first-order chi connectivity index (χ1) is 9.47. The number of nitrogens with one attached hydrogen (secondary N) is 2. The highest BCUT2D eigenvalue weighted by Crippen LogP contribution is 2.30. The average molecular weight is 300 g/mol. The van der Waals surface area contributed by atoms with E-state index in [4.69, 9.17) is 11.6 Å². The number of aromatic nitrogens is 2. The molecule has 2 aromatic rings. The highest BCUT2D eigenvalue weighted by molar-refractivity contribution is 6.30. The molecule has 3 rings (SSSR count). The third kappa shape index (κ3) is 1.90. The molecule has 0 amide bonds. The maximum Gasteiger partial charge on any atom is 0.334 e. The number of H-pyrrole nitrogens is 1. The topological polar surface area (TPSA) is 66.9 Å². The minimum absolute atomic E-state index is 0.0123. The summed E-state index contributed by atoms with van der Waals surface area (Å²) in [7, 11) is 0. The number of hydrogen-bond donors (Lipinski definition) is 2. The van der Waals surface area contributed by atoms with E-state index in [9.17, 15) is 18.4 Å². The van der Waals surface area contributed by atoms with Gasteiger partial charge in [0.15, 0.2) is 0 Å². The molecule has 0 atom stereocenters. The SMILES string of the molecule is O=c1[nH]n(C(F)F)c(=O)c2c1Nc1cc(Cl)ccc1C2. The van der Waals surface area contributed by atoms with Crippen molar-refractivity contribution in [3.63, 3.8) is 0 Å². The molecular weight excluding hydrogens is 292 g/mol. The first kappa shape index (κ1) is 12.9. The summed E-state index contributed by atoms with van der Waals surface area (Å²) >= 11 is 5.85. The molecule has 0 aliphatic carbocycles. The molecule has 5 nitrogen and oxygen atoms in total. The van der Waals surface area contributed by atoms with Crippen LogP contribution >= 0.6 is 11.6 Å². The highest BCUT2D eigenvalue weighted by Gasteiger charge is 2.24. The second-order valence-corrected chi connectivity index (χ2v) is 4.79. The van der Waals surface area contributed by atoms with Crippen molar-refractivity contribution in [2.75, 3.05) is 5.32 Å². The molecule has 2 N–H and O–H groups in total. The molecule has 0 bridgehead atoms. The number of alkyl halides is 2. The maximum atomic E-state index is 12.7. The zero-order chi connectivity index (χ0) is 14.4. The second kappa shape index (κ2) is 4.45. The zero-order valence-electron chi connectivity index (χ0n) is 9.91. The van der Waals surface area contributed by atoms with Gasteiger partial charge in [-0.25, -0.2) is 0 Å². The smallest absolute Gasteiger partial charge is 0.334 e. The largest absolute Gasteiger partial charge is 0.350 e. The Morgan fingerprint density at radius 3 is 2.75 bits per heavy atom. The quantitative estimate of drug-likeness (QED) is 0.724. The number of halogens is 3. The highest BCUT2D eigenvalue weighted by atomic mass is 35.5. The number of anilines is 2. The Morgan fingerprint density at radius 2 is 2.05 bits per heavy atom. The summed E-state index contributed by atoms with van der Waals surface area (Å²) in [6.45, 7) is -3.09. The predicted molar refractivity (Wildman–Crippen MR) is 70.1 cm³/mol. The monoisotopic (exact) mass is 299 g/mol. The molecule has 0 fully saturated rings. The van der Waals surface area contributed by atoms with Gasteiger partial charge in [0.25, 0.3) is 11.1 Å². The van der Waals surface area contributed by atoms with E-state index < -0.39 is 17.7 Å². The molecule has 1 aromatic heterocycles. The molecule has 0 radical (unpaired) electrons. The van der Waals surface area contributed by atoms with Crippen molar-refractivity contribution in [3.05, 3.63) is 55.1 Å². The van der Waals surface area contributed by atoms with E-state index in [1.165, 1.54) is 0 Å². The van der Waals surface area contributed by atoms with Crippen molar-refractivity contribution >= 4 is 23.0 Å². The van der Waals surface area contributed by atoms with Gasteiger partial charge in [0.05, 0.1) is 5.56 Å². The van der Waals surface area contributed by atoms with E-state index in [0.717, 1.165) is 0 Å². The third-order valence-electron chi connectivity index (χ3n) is 3.12. The number of benzene rings is 1. The fourth-order valence-corrected chi connectivity index (χ4v) is 2.36. The normalized spacial score (nSPS) is 12.8. The van der Waals surface area contributed by atoms with Crippen LogP contribution in [0, 0.1) is 0 Å². The van der Waals surface area contributed by atoms with Gasteiger partial charge < -0.3 is 5.32 Å². The van der Waals surface area contributed by atoms with Crippen molar-refractivity contribution in [2.45, 2.75) is 13.0 Å². The van der Waals surface area contributed by atoms with Gasteiger partial charge in [-0.3, -0.25) is 14.7 Å². The molecule has 0 unspecified atom stereocenters. The Balaban J connectivity index is 2.22. The number of aromatic amines is 1. The zero-order valence-corrected chi connectivity index (χ0v) is 10.7. The fraction of sp³-hybridized carbons (Fsp3) is 0.167. The Hall–Kier alpha value is -2.15. The molecule has 2 heterocycles. The summed E-state index contributed by atoms with van der Waals surface area (Å²) in [5.74, 6) is 0. The van der Waals surface area contributed by atoms with Crippen molar-refractivity contribution in [1.82, 2.24) is 9.78 Å². The van der Waals surface area contributed by atoms with Crippen LogP contribution in [0.3, 0.4) is 0 Å². The van der Waals surface area contributed by atoms with Gasteiger partial charge in [-0.05, 0) is 17.7 Å². The van der Waals surface area contributed by atoms with Gasteiger partial charge in [0.1, 0.15) is 5.69 Å². The molecule has 20 heavy (non-hydrogen) atoms. The summed E-state index contributed by atoms with van der Waals surface area (Å²) in [5.41, 5.74) is -0.381. The van der Waals surface area contributed by atoms with E-state index >= 15 is 0 Å². The molecule has 0 spiro atoms. The lowest BCUT2D eigenvalue weighted by atomic mass is 9.99. The van der Waals surface area contributed by atoms with E-state index in [0.29, 0.717) is 16.3 Å². The summed E-state index contributed by atoms with van der Waals surface area (Å²) < 4.78 is 25.4. The van der Waals surface area contributed by atoms with E-state index in [1.54, 1.807) is 18.2 Å². The summed E-state index contributed by atoms with van der Waals surface area (Å²) in [6.07, 6.45) is 0.101. The van der Waals surface area contributed by atoms with Crippen LogP contribution in [0.1, 0.15) is 17.7 Å². The number of fused-ring (bicyclic) bond motifs is 2. The molecule has 0 saturated carbocycles. The number of rotatable bonds is 1. The molecule has 8 heteroatoms. The van der Waals surface area contributed by atoms with Crippen LogP contribution < -0.4 is 16.4 Å². The van der Waals surface area contributed by atoms with E-state index in [1.807, 2.05) is 5.10 Å². The average Bonchev–Trinajstić information content (AvgIpc) is 2.40. The molecule has 0 saturated heterocycles. The fourth-order valence-electron chi connectivity index (χ4n) is 2.18. The van der Waals surface area contributed by atoms with Crippen LogP contribution in [0.25, 0.3) is 0 Å². The molecular formula is C12H8ClF2N3O2. The molecule has 1 aliphatic heterocycles. The van der Waals surface area contributed by atoms with Crippen LogP contribution in [0.5, 0.6) is 0 Å². The third-order valence-corrected chi connectivity index (χ3v) is 3.36. The van der Waals surface area contributed by atoms with Gasteiger partial charge in [0, 0.05) is 17.1 Å². The minimum atomic E-state index is -3.09. The minimum Gasteiger partial charge on any atom is -0.350 e. The van der Waals surface area contributed by atoms with Crippen LogP contribution in [0.15, 0.2) is 27.8 Å². The van der Waals surface area contributed by atoms with Gasteiger partial charge >= 0.3 is 6.55 Å². The van der Waals surface area contributed by atoms with Crippen molar-refractivity contribution < 1.29 is 8.78 Å². The Bertz CT molecular complexity index is 813. The second-order valence-electron chi connectivity index (χ2n) is 4.35. The number of hydrogen-bond acceptors (Lipinski definition) is 3. The molecule has 104 valence electrons. The van der Waals surface area contributed by atoms with Gasteiger partial charge in [-0.15, -0.1) is 0 Å².